The molecule has 1 aromatic carbocycles. The summed E-state index contributed by atoms with van der Waals surface area (Å²) in [7, 11) is 3.35. The van der Waals surface area contributed by atoms with Crippen LogP contribution in [0.4, 0.5) is 0 Å². The Balaban J connectivity index is 1.90. The monoisotopic (exact) mass is 248 g/mol. The fourth-order valence-electron chi connectivity index (χ4n) is 2.42. The normalized spacial score (nSPS) is 17.0. The molecular formula is C15H20O3. The van der Waals surface area contributed by atoms with Crippen LogP contribution in [0.3, 0.4) is 0 Å². The minimum absolute atomic E-state index is 0.163. The Kier molecular flexibility index (Phi) is 4.02. The van der Waals surface area contributed by atoms with Gasteiger partial charge in [-0.05, 0) is 37.0 Å². The second kappa shape index (κ2) is 5.53. The molecule has 0 N–H and O–H groups in total. The molecule has 0 unspecified atom stereocenters. The lowest BCUT2D eigenvalue weighted by molar-refractivity contribution is -0.131. The topological polar surface area (TPSA) is 35.5 Å². The van der Waals surface area contributed by atoms with Crippen LogP contribution in [-0.4, -0.2) is 25.6 Å². The minimum atomic E-state index is -0.163. The number of carbonyl (C=O) groups excluding carboxylic acids is 1. The highest BCUT2D eigenvalue weighted by Gasteiger charge is 2.38. The van der Waals surface area contributed by atoms with E-state index in [2.05, 4.69) is 0 Å². The Hall–Kier alpha value is -1.35. The van der Waals surface area contributed by atoms with E-state index in [1.165, 1.54) is 6.42 Å². The number of rotatable bonds is 6. The van der Waals surface area contributed by atoms with Crippen LogP contribution in [0.15, 0.2) is 24.3 Å². The lowest BCUT2D eigenvalue weighted by Crippen LogP contribution is -2.41. The van der Waals surface area contributed by atoms with Crippen LogP contribution < -0.4 is 4.74 Å². The fraction of sp³-hybridized carbons (Fsp3) is 0.533. The predicted octanol–water partition coefficient (Wildman–Crippen LogP) is 2.77. The number of hydrogen-bond acceptors (Lipinski definition) is 3. The summed E-state index contributed by atoms with van der Waals surface area (Å²) in [6, 6.07) is 7.66. The minimum Gasteiger partial charge on any atom is -0.497 e. The number of benzene rings is 1. The molecule has 98 valence electrons. The van der Waals surface area contributed by atoms with Crippen LogP contribution in [-0.2, 0) is 16.0 Å². The first-order chi connectivity index (χ1) is 8.67. The molecule has 0 spiro atoms. The SMILES string of the molecule is COc1ccc(CC(=O)CC2(OC)CCC2)cc1. The Morgan fingerprint density at radius 1 is 1.22 bits per heavy atom. The zero-order valence-corrected chi connectivity index (χ0v) is 11.1. The van der Waals surface area contributed by atoms with Crippen molar-refractivity contribution in [2.45, 2.75) is 37.7 Å². The molecule has 3 heteroatoms. The first-order valence-corrected chi connectivity index (χ1v) is 6.37. The highest BCUT2D eigenvalue weighted by molar-refractivity contribution is 5.82. The smallest absolute Gasteiger partial charge is 0.140 e. The van der Waals surface area contributed by atoms with Gasteiger partial charge in [-0.25, -0.2) is 0 Å². The Morgan fingerprint density at radius 2 is 1.89 bits per heavy atom. The van der Waals surface area contributed by atoms with Crippen molar-refractivity contribution in [1.82, 2.24) is 0 Å². The van der Waals surface area contributed by atoms with E-state index in [0.29, 0.717) is 12.8 Å². The molecule has 0 heterocycles. The largest absolute Gasteiger partial charge is 0.497 e. The average Bonchev–Trinajstić information content (AvgIpc) is 2.35. The molecule has 1 fully saturated rings. The van der Waals surface area contributed by atoms with E-state index in [9.17, 15) is 4.79 Å². The molecule has 1 aromatic rings. The summed E-state index contributed by atoms with van der Waals surface area (Å²) in [5.74, 6) is 1.07. The number of ether oxygens (including phenoxy) is 2. The lowest BCUT2D eigenvalue weighted by atomic mass is 9.76. The molecule has 1 saturated carbocycles. The molecule has 2 rings (SSSR count). The van der Waals surface area contributed by atoms with Crippen LogP contribution >= 0.6 is 0 Å². The van der Waals surface area contributed by atoms with Gasteiger partial charge < -0.3 is 9.47 Å². The summed E-state index contributed by atoms with van der Waals surface area (Å²) in [4.78, 5) is 12.0. The van der Waals surface area contributed by atoms with Crippen molar-refractivity contribution >= 4 is 5.78 Å². The number of carbonyl (C=O) groups is 1. The third kappa shape index (κ3) is 2.91. The first-order valence-electron chi connectivity index (χ1n) is 6.37. The molecule has 1 aliphatic rings. The average molecular weight is 248 g/mol. The molecule has 0 aromatic heterocycles. The van der Waals surface area contributed by atoms with Crippen LogP contribution in [0, 0.1) is 0 Å². The molecule has 0 radical (unpaired) electrons. The molecule has 0 atom stereocenters. The lowest BCUT2D eigenvalue weighted by Gasteiger charge is -2.40. The third-order valence-corrected chi connectivity index (χ3v) is 3.78. The summed E-state index contributed by atoms with van der Waals surface area (Å²) >= 11 is 0. The van der Waals surface area contributed by atoms with E-state index in [1.54, 1.807) is 14.2 Å². The van der Waals surface area contributed by atoms with Crippen molar-refractivity contribution in [3.05, 3.63) is 29.8 Å². The van der Waals surface area contributed by atoms with Gasteiger partial charge in [0.15, 0.2) is 0 Å². The van der Waals surface area contributed by atoms with Crippen LogP contribution in [0.5, 0.6) is 5.75 Å². The number of ketones is 1. The summed E-state index contributed by atoms with van der Waals surface area (Å²) < 4.78 is 10.6. The molecule has 0 amide bonds. The van der Waals surface area contributed by atoms with E-state index in [-0.39, 0.29) is 11.4 Å². The molecule has 0 bridgehead atoms. The van der Waals surface area contributed by atoms with Crippen LogP contribution in [0.2, 0.25) is 0 Å². The van der Waals surface area contributed by atoms with Gasteiger partial charge in [0, 0.05) is 20.0 Å². The summed E-state index contributed by atoms with van der Waals surface area (Å²) in [5.41, 5.74) is 0.871. The van der Waals surface area contributed by atoms with Crippen molar-refractivity contribution in [3.8, 4) is 5.75 Å². The van der Waals surface area contributed by atoms with Gasteiger partial charge in [0.25, 0.3) is 0 Å². The van der Waals surface area contributed by atoms with Crippen LogP contribution in [0.1, 0.15) is 31.2 Å². The highest BCUT2D eigenvalue weighted by atomic mass is 16.5. The molecule has 18 heavy (non-hydrogen) atoms. The second-order valence-electron chi connectivity index (χ2n) is 4.98. The van der Waals surface area contributed by atoms with Gasteiger partial charge in [0.2, 0.25) is 0 Å². The highest BCUT2D eigenvalue weighted by Crippen LogP contribution is 2.38. The Labute approximate surface area is 108 Å². The van der Waals surface area contributed by atoms with Crippen molar-refractivity contribution < 1.29 is 14.3 Å². The van der Waals surface area contributed by atoms with Crippen LogP contribution in [0.25, 0.3) is 0 Å². The summed E-state index contributed by atoms with van der Waals surface area (Å²) in [6.45, 7) is 0. The van der Waals surface area contributed by atoms with Gasteiger partial charge in [-0.3, -0.25) is 4.79 Å². The summed E-state index contributed by atoms with van der Waals surface area (Å²) in [6.07, 6.45) is 4.21. The van der Waals surface area contributed by atoms with Gasteiger partial charge in [0.1, 0.15) is 11.5 Å². The maximum atomic E-state index is 12.0. The fourth-order valence-corrected chi connectivity index (χ4v) is 2.42. The van der Waals surface area contributed by atoms with Crippen molar-refractivity contribution in [3.63, 3.8) is 0 Å². The molecule has 3 nitrogen and oxygen atoms in total. The molecule has 1 aliphatic carbocycles. The standard InChI is InChI=1S/C15H20O3/c1-17-14-6-4-12(5-7-14)10-13(16)11-15(18-2)8-3-9-15/h4-7H,3,8-11H2,1-2H3. The quantitative estimate of drug-likeness (QED) is 0.776. The van der Waals surface area contributed by atoms with Gasteiger partial charge in [0.05, 0.1) is 12.7 Å². The predicted molar refractivity (Wildman–Crippen MR) is 69.9 cm³/mol. The number of Topliss-reactive ketones (excluding diaryl/α,β-unsaturated/α-hetero) is 1. The number of hydrogen-bond donors (Lipinski definition) is 0. The zero-order chi connectivity index (χ0) is 13.0. The van der Waals surface area contributed by atoms with E-state index in [4.69, 9.17) is 9.47 Å². The van der Waals surface area contributed by atoms with E-state index in [0.717, 1.165) is 24.2 Å². The second-order valence-corrected chi connectivity index (χ2v) is 4.98. The van der Waals surface area contributed by atoms with Gasteiger partial charge in [-0.1, -0.05) is 12.1 Å². The van der Waals surface area contributed by atoms with Crippen molar-refractivity contribution in [2.75, 3.05) is 14.2 Å². The number of methoxy groups -OCH3 is 2. The van der Waals surface area contributed by atoms with E-state index < -0.39 is 0 Å². The zero-order valence-electron chi connectivity index (χ0n) is 11.1. The van der Waals surface area contributed by atoms with Gasteiger partial charge in [-0.15, -0.1) is 0 Å². The van der Waals surface area contributed by atoms with Gasteiger partial charge >= 0.3 is 0 Å². The molecular weight excluding hydrogens is 228 g/mol. The van der Waals surface area contributed by atoms with E-state index >= 15 is 0 Å². The Morgan fingerprint density at radius 3 is 2.33 bits per heavy atom. The first kappa shape index (κ1) is 13.1. The maximum Gasteiger partial charge on any atom is 0.140 e. The van der Waals surface area contributed by atoms with Crippen molar-refractivity contribution in [1.29, 1.82) is 0 Å². The van der Waals surface area contributed by atoms with E-state index in [1.807, 2.05) is 24.3 Å². The molecule has 0 saturated heterocycles. The summed E-state index contributed by atoms with van der Waals surface area (Å²) in [5, 5.41) is 0. The van der Waals surface area contributed by atoms with Crippen molar-refractivity contribution in [2.24, 2.45) is 0 Å². The molecule has 0 aliphatic heterocycles. The Bertz CT molecular complexity index is 399. The third-order valence-electron chi connectivity index (χ3n) is 3.78. The van der Waals surface area contributed by atoms with Gasteiger partial charge in [-0.2, -0.15) is 0 Å². The maximum absolute atomic E-state index is 12.0.